The Morgan fingerprint density at radius 1 is 1.09 bits per heavy atom. The van der Waals surface area contributed by atoms with Crippen LogP contribution in [0.25, 0.3) is 11.0 Å². The van der Waals surface area contributed by atoms with Gasteiger partial charge in [0, 0.05) is 19.2 Å². The van der Waals surface area contributed by atoms with E-state index in [-0.39, 0.29) is 23.0 Å². The molecule has 1 atom stereocenters. The van der Waals surface area contributed by atoms with Crippen molar-refractivity contribution in [1.29, 1.82) is 0 Å². The summed E-state index contributed by atoms with van der Waals surface area (Å²) in [5, 5.41) is 1.63. The highest BCUT2D eigenvalue weighted by Crippen LogP contribution is 2.27. The lowest BCUT2D eigenvalue weighted by atomic mass is 10.1. The number of amides is 2. The monoisotopic (exact) mass is 475 g/mol. The summed E-state index contributed by atoms with van der Waals surface area (Å²) in [6.07, 6.45) is 2.04. The molecular formula is C24H21N5O4S. The van der Waals surface area contributed by atoms with Crippen molar-refractivity contribution >= 4 is 39.6 Å². The molecule has 2 aromatic heterocycles. The van der Waals surface area contributed by atoms with E-state index in [0.717, 1.165) is 34.2 Å². The zero-order valence-corrected chi connectivity index (χ0v) is 19.0. The van der Waals surface area contributed by atoms with Crippen LogP contribution in [0.3, 0.4) is 0 Å². The Labute approximate surface area is 199 Å². The SMILES string of the molecule is Cn1c(COc2ccc(CC3SC(=O)NC3=O)cc2)nc2ccc(Oc3ccc(N)cn3)cc21. The topological polar surface area (TPSA) is 121 Å². The van der Waals surface area contributed by atoms with E-state index in [4.69, 9.17) is 15.2 Å². The zero-order valence-electron chi connectivity index (χ0n) is 18.2. The standard InChI is InChI=1S/C24H21N5O4S/c1-29-19-11-17(33-22-9-4-15(25)12-26-22)7-8-18(19)27-21(29)13-32-16-5-2-14(3-6-16)10-20-23(30)28-24(31)34-20/h2-9,11-12,20H,10,13,25H2,1H3,(H,28,30,31). The molecule has 1 aliphatic heterocycles. The number of imide groups is 1. The first kappa shape index (κ1) is 21.8. The number of carbonyl (C=O) groups is 2. The molecule has 5 rings (SSSR count). The summed E-state index contributed by atoms with van der Waals surface area (Å²) < 4.78 is 13.7. The maximum Gasteiger partial charge on any atom is 0.286 e. The molecule has 1 saturated heterocycles. The maximum atomic E-state index is 11.7. The number of thioether (sulfide) groups is 1. The Bertz CT molecular complexity index is 1370. The lowest BCUT2D eigenvalue weighted by Gasteiger charge is -2.09. The van der Waals surface area contributed by atoms with E-state index in [1.165, 1.54) is 0 Å². The second-order valence-corrected chi connectivity index (χ2v) is 8.96. The van der Waals surface area contributed by atoms with Crippen molar-refractivity contribution in [3.05, 3.63) is 72.2 Å². The van der Waals surface area contributed by atoms with Gasteiger partial charge < -0.3 is 19.8 Å². The van der Waals surface area contributed by atoms with Crippen molar-refractivity contribution in [2.45, 2.75) is 18.3 Å². The normalized spacial score (nSPS) is 15.5. The number of benzene rings is 2. The van der Waals surface area contributed by atoms with Gasteiger partial charge in [0.05, 0.1) is 28.2 Å². The largest absolute Gasteiger partial charge is 0.486 e. The minimum atomic E-state index is -0.385. The Hall–Kier alpha value is -4.05. The van der Waals surface area contributed by atoms with Crippen molar-refractivity contribution in [3.63, 3.8) is 0 Å². The molecular weight excluding hydrogens is 454 g/mol. The zero-order chi connectivity index (χ0) is 23.7. The van der Waals surface area contributed by atoms with E-state index in [1.807, 2.05) is 54.1 Å². The smallest absolute Gasteiger partial charge is 0.286 e. The average Bonchev–Trinajstić information content (AvgIpc) is 3.32. The van der Waals surface area contributed by atoms with Crippen LogP contribution in [-0.4, -0.2) is 30.9 Å². The van der Waals surface area contributed by atoms with E-state index < -0.39 is 0 Å². The van der Waals surface area contributed by atoms with Gasteiger partial charge in [-0.3, -0.25) is 14.9 Å². The van der Waals surface area contributed by atoms with Gasteiger partial charge in [-0.1, -0.05) is 23.9 Å². The van der Waals surface area contributed by atoms with Gasteiger partial charge in [-0.05, 0) is 42.3 Å². The summed E-state index contributed by atoms with van der Waals surface area (Å²) in [4.78, 5) is 31.9. The van der Waals surface area contributed by atoms with Gasteiger partial charge >= 0.3 is 0 Å². The average molecular weight is 476 g/mol. The predicted molar refractivity (Wildman–Crippen MR) is 129 cm³/mol. The molecule has 2 amide bonds. The number of imidazole rings is 1. The van der Waals surface area contributed by atoms with Crippen LogP contribution in [0.5, 0.6) is 17.4 Å². The van der Waals surface area contributed by atoms with Gasteiger partial charge in [-0.15, -0.1) is 0 Å². The van der Waals surface area contributed by atoms with E-state index >= 15 is 0 Å². The highest BCUT2D eigenvalue weighted by Gasteiger charge is 2.31. The maximum absolute atomic E-state index is 11.7. The first-order chi connectivity index (χ1) is 16.4. The number of aromatic nitrogens is 3. The number of nitrogens with two attached hydrogens (primary N) is 1. The summed E-state index contributed by atoms with van der Waals surface area (Å²) in [6, 6.07) is 16.6. The molecule has 9 nitrogen and oxygen atoms in total. The van der Waals surface area contributed by atoms with Crippen LogP contribution < -0.4 is 20.5 Å². The Morgan fingerprint density at radius 2 is 1.88 bits per heavy atom. The summed E-state index contributed by atoms with van der Waals surface area (Å²) in [6.45, 7) is 0.287. The molecule has 10 heteroatoms. The number of rotatable bonds is 7. The molecule has 0 bridgehead atoms. The van der Waals surface area contributed by atoms with Gasteiger partial charge in [-0.2, -0.15) is 0 Å². The molecule has 1 unspecified atom stereocenters. The second kappa shape index (κ2) is 9.06. The van der Waals surface area contributed by atoms with Crippen molar-refractivity contribution in [2.75, 3.05) is 5.73 Å². The van der Waals surface area contributed by atoms with Crippen molar-refractivity contribution < 1.29 is 19.1 Å². The molecule has 34 heavy (non-hydrogen) atoms. The van der Waals surface area contributed by atoms with Crippen molar-refractivity contribution in [2.24, 2.45) is 7.05 Å². The number of nitrogens with zero attached hydrogens (tertiary/aromatic N) is 3. The molecule has 0 radical (unpaired) electrons. The molecule has 1 fully saturated rings. The van der Waals surface area contributed by atoms with Crippen molar-refractivity contribution in [1.82, 2.24) is 19.9 Å². The van der Waals surface area contributed by atoms with E-state index in [0.29, 0.717) is 29.5 Å². The molecule has 4 aromatic rings. The number of anilines is 1. The van der Waals surface area contributed by atoms with Crippen LogP contribution in [0, 0.1) is 0 Å². The van der Waals surface area contributed by atoms with Crippen LogP contribution in [0.4, 0.5) is 10.5 Å². The fourth-order valence-electron chi connectivity index (χ4n) is 3.60. The third-order valence-electron chi connectivity index (χ3n) is 5.41. The lowest BCUT2D eigenvalue weighted by Crippen LogP contribution is -2.25. The molecule has 3 N–H and O–H groups in total. The van der Waals surface area contributed by atoms with Gasteiger partial charge in [0.2, 0.25) is 11.8 Å². The van der Waals surface area contributed by atoms with Gasteiger partial charge in [0.25, 0.3) is 5.24 Å². The number of carbonyl (C=O) groups excluding carboxylic acids is 2. The number of hydrogen-bond donors (Lipinski definition) is 2. The minimum absolute atomic E-state index is 0.240. The first-order valence-electron chi connectivity index (χ1n) is 10.5. The van der Waals surface area contributed by atoms with E-state index in [9.17, 15) is 9.59 Å². The van der Waals surface area contributed by atoms with Crippen LogP contribution in [0.1, 0.15) is 11.4 Å². The number of nitrogens with one attached hydrogen (secondary N) is 1. The molecule has 0 spiro atoms. The summed E-state index contributed by atoms with van der Waals surface area (Å²) in [7, 11) is 1.92. The number of fused-ring (bicyclic) bond motifs is 1. The molecule has 2 aromatic carbocycles. The molecule has 0 aliphatic carbocycles. The fraction of sp³-hybridized carbons (Fsp3) is 0.167. The number of pyridine rings is 1. The van der Waals surface area contributed by atoms with Crippen LogP contribution in [0.15, 0.2) is 60.8 Å². The van der Waals surface area contributed by atoms with Gasteiger partial charge in [0.15, 0.2) is 0 Å². The van der Waals surface area contributed by atoms with Crippen LogP contribution in [0.2, 0.25) is 0 Å². The Kier molecular flexibility index (Phi) is 5.81. The number of aryl methyl sites for hydroxylation is 1. The van der Waals surface area contributed by atoms with Crippen molar-refractivity contribution in [3.8, 4) is 17.4 Å². The molecule has 1 aliphatic rings. The second-order valence-electron chi connectivity index (χ2n) is 7.79. The first-order valence-corrected chi connectivity index (χ1v) is 11.4. The minimum Gasteiger partial charge on any atom is -0.486 e. The predicted octanol–water partition coefficient (Wildman–Crippen LogP) is 3.82. The Morgan fingerprint density at radius 3 is 2.59 bits per heavy atom. The number of hydrogen-bond acceptors (Lipinski definition) is 8. The third kappa shape index (κ3) is 4.67. The number of ether oxygens (including phenoxy) is 2. The molecule has 3 heterocycles. The van der Waals surface area contributed by atoms with E-state index in [1.54, 1.807) is 18.3 Å². The quantitative estimate of drug-likeness (QED) is 0.414. The van der Waals surface area contributed by atoms with E-state index in [2.05, 4.69) is 15.3 Å². The number of nitrogen functional groups attached to an aromatic ring is 1. The summed E-state index contributed by atoms with van der Waals surface area (Å²) in [5.41, 5.74) is 8.94. The lowest BCUT2D eigenvalue weighted by molar-refractivity contribution is -0.118. The molecule has 172 valence electrons. The highest BCUT2D eigenvalue weighted by molar-refractivity contribution is 8.15. The summed E-state index contributed by atoms with van der Waals surface area (Å²) in [5.74, 6) is 2.32. The fourth-order valence-corrected chi connectivity index (χ4v) is 4.46. The molecule has 0 saturated carbocycles. The van der Waals surface area contributed by atoms with Crippen LogP contribution in [-0.2, 0) is 24.9 Å². The third-order valence-corrected chi connectivity index (χ3v) is 6.39. The Balaban J connectivity index is 1.24. The van der Waals surface area contributed by atoms with Gasteiger partial charge in [-0.25, -0.2) is 9.97 Å². The van der Waals surface area contributed by atoms with Gasteiger partial charge in [0.1, 0.15) is 23.9 Å². The summed E-state index contributed by atoms with van der Waals surface area (Å²) >= 11 is 1.03. The van der Waals surface area contributed by atoms with Crippen LogP contribution >= 0.6 is 11.8 Å². The highest BCUT2D eigenvalue weighted by atomic mass is 32.2.